The Morgan fingerprint density at radius 2 is 2.04 bits per heavy atom. The van der Waals surface area contributed by atoms with Gasteiger partial charge in [-0.15, -0.1) is 0 Å². The van der Waals surface area contributed by atoms with E-state index < -0.39 is 0 Å². The Bertz CT molecular complexity index is 772. The first-order chi connectivity index (χ1) is 11.6. The third-order valence-electron chi connectivity index (χ3n) is 5.13. The first kappa shape index (κ1) is 15.7. The predicted molar refractivity (Wildman–Crippen MR) is 93.8 cm³/mol. The molecule has 5 nitrogen and oxygen atoms in total. The molecule has 2 saturated heterocycles. The Kier molecular flexibility index (Phi) is 4.06. The van der Waals surface area contributed by atoms with Crippen molar-refractivity contribution in [2.24, 2.45) is 0 Å². The maximum atomic E-state index is 13.0. The molecule has 2 fully saturated rings. The fourth-order valence-corrected chi connectivity index (χ4v) is 4.00. The highest BCUT2D eigenvalue weighted by Gasteiger charge is 2.32. The number of carbonyl (C=O) groups excluding carboxylic acids is 1. The van der Waals surface area contributed by atoms with Crippen LogP contribution >= 0.6 is 11.6 Å². The van der Waals surface area contributed by atoms with Gasteiger partial charge in [-0.25, -0.2) is 4.68 Å². The van der Waals surface area contributed by atoms with Crippen molar-refractivity contribution in [2.75, 3.05) is 13.1 Å². The fourth-order valence-electron chi connectivity index (χ4n) is 3.78. The lowest BCUT2D eigenvalue weighted by molar-refractivity contribution is 0.0747. The minimum atomic E-state index is 0.0696. The number of carbonyl (C=O) groups is 1. The molecule has 1 N–H and O–H groups in total. The highest BCUT2D eigenvalue weighted by Crippen LogP contribution is 2.25. The van der Waals surface area contributed by atoms with E-state index in [1.165, 1.54) is 6.42 Å². The number of hydrogen-bond acceptors (Lipinski definition) is 3. The predicted octanol–water partition coefficient (Wildman–Crippen LogP) is 2.80. The highest BCUT2D eigenvalue weighted by molar-refractivity contribution is 6.32. The van der Waals surface area contributed by atoms with E-state index in [4.69, 9.17) is 11.6 Å². The maximum Gasteiger partial charge on any atom is 0.257 e. The zero-order valence-electron chi connectivity index (χ0n) is 13.7. The van der Waals surface area contributed by atoms with Gasteiger partial charge >= 0.3 is 0 Å². The second-order valence-electron chi connectivity index (χ2n) is 6.68. The topological polar surface area (TPSA) is 50.2 Å². The second kappa shape index (κ2) is 6.22. The number of halogens is 1. The van der Waals surface area contributed by atoms with Gasteiger partial charge in [0.25, 0.3) is 5.91 Å². The van der Waals surface area contributed by atoms with Crippen LogP contribution in [0.4, 0.5) is 0 Å². The summed E-state index contributed by atoms with van der Waals surface area (Å²) < 4.78 is 1.75. The van der Waals surface area contributed by atoms with E-state index in [1.54, 1.807) is 10.9 Å². The number of para-hydroxylation sites is 1. The van der Waals surface area contributed by atoms with E-state index in [2.05, 4.69) is 10.4 Å². The Morgan fingerprint density at radius 1 is 1.25 bits per heavy atom. The molecule has 2 unspecified atom stereocenters. The van der Waals surface area contributed by atoms with Gasteiger partial charge in [-0.1, -0.05) is 23.7 Å². The highest BCUT2D eigenvalue weighted by atomic mass is 35.5. The van der Waals surface area contributed by atoms with Gasteiger partial charge < -0.3 is 10.2 Å². The largest absolute Gasteiger partial charge is 0.337 e. The molecule has 2 bridgehead atoms. The Labute approximate surface area is 146 Å². The van der Waals surface area contributed by atoms with Crippen LogP contribution in [0.15, 0.2) is 30.5 Å². The number of aromatic nitrogens is 2. The molecule has 126 valence electrons. The average molecular weight is 345 g/mol. The van der Waals surface area contributed by atoms with Gasteiger partial charge in [-0.2, -0.15) is 5.10 Å². The normalized spacial score (nSPS) is 23.3. The molecule has 0 radical (unpaired) electrons. The summed E-state index contributed by atoms with van der Waals surface area (Å²) in [6.07, 6.45) is 5.08. The number of nitrogens with one attached hydrogen (secondary N) is 1. The Balaban J connectivity index is 1.61. The number of fused-ring (bicyclic) bond motifs is 2. The standard InChI is InChI=1S/C18H21ClN4O/c1-12-15(10-20-23(12)17-5-3-2-4-16(17)19)18(24)22-9-8-13-6-7-14(11-22)21-13/h2-5,10,13-14,21H,6-9,11H2,1H3. The van der Waals surface area contributed by atoms with E-state index in [-0.39, 0.29) is 5.91 Å². The molecule has 2 aromatic rings. The van der Waals surface area contributed by atoms with E-state index in [0.29, 0.717) is 22.7 Å². The summed E-state index contributed by atoms with van der Waals surface area (Å²) in [5, 5.41) is 8.64. The van der Waals surface area contributed by atoms with Crippen LogP contribution < -0.4 is 5.32 Å². The lowest BCUT2D eigenvalue weighted by Crippen LogP contribution is -2.39. The van der Waals surface area contributed by atoms with Crippen molar-refractivity contribution in [2.45, 2.75) is 38.3 Å². The Hall–Kier alpha value is -1.85. The summed E-state index contributed by atoms with van der Waals surface area (Å²) in [5.74, 6) is 0.0696. The lowest BCUT2D eigenvalue weighted by atomic mass is 10.1. The SMILES string of the molecule is Cc1c(C(=O)N2CCC3CCC(C2)N3)cnn1-c1ccccc1Cl. The molecule has 6 heteroatoms. The van der Waals surface area contributed by atoms with E-state index >= 15 is 0 Å². The first-order valence-corrected chi connectivity index (χ1v) is 8.86. The van der Waals surface area contributed by atoms with Crippen molar-refractivity contribution in [1.82, 2.24) is 20.0 Å². The van der Waals surface area contributed by atoms with Gasteiger partial charge in [0.1, 0.15) is 0 Å². The maximum absolute atomic E-state index is 13.0. The van der Waals surface area contributed by atoms with Crippen LogP contribution in [0.25, 0.3) is 5.69 Å². The molecule has 1 amide bonds. The van der Waals surface area contributed by atoms with Crippen molar-refractivity contribution >= 4 is 17.5 Å². The number of amides is 1. The van der Waals surface area contributed by atoms with Crippen LogP contribution in [0.1, 0.15) is 35.3 Å². The minimum absolute atomic E-state index is 0.0696. The van der Waals surface area contributed by atoms with E-state index in [1.807, 2.05) is 36.1 Å². The molecule has 0 aliphatic carbocycles. The number of likely N-dealkylation sites (tertiary alicyclic amines) is 1. The van der Waals surface area contributed by atoms with Crippen LogP contribution in [0.5, 0.6) is 0 Å². The third kappa shape index (κ3) is 2.72. The molecular weight excluding hydrogens is 324 g/mol. The molecule has 2 aliphatic rings. The zero-order valence-corrected chi connectivity index (χ0v) is 14.5. The summed E-state index contributed by atoms with van der Waals surface area (Å²) in [6.45, 7) is 3.52. The van der Waals surface area contributed by atoms with Crippen molar-refractivity contribution in [3.05, 3.63) is 46.7 Å². The number of benzene rings is 1. The minimum Gasteiger partial charge on any atom is -0.337 e. The van der Waals surface area contributed by atoms with Gasteiger partial charge in [-0.3, -0.25) is 4.79 Å². The summed E-state index contributed by atoms with van der Waals surface area (Å²) in [4.78, 5) is 15.0. The third-order valence-corrected chi connectivity index (χ3v) is 5.45. The van der Waals surface area contributed by atoms with Crippen molar-refractivity contribution in [3.63, 3.8) is 0 Å². The van der Waals surface area contributed by atoms with E-state index in [9.17, 15) is 4.79 Å². The first-order valence-electron chi connectivity index (χ1n) is 8.48. The van der Waals surface area contributed by atoms with Crippen molar-refractivity contribution < 1.29 is 4.79 Å². The molecule has 2 aliphatic heterocycles. The summed E-state index contributed by atoms with van der Waals surface area (Å²) in [5.41, 5.74) is 2.29. The average Bonchev–Trinajstić information content (AvgIpc) is 3.10. The molecule has 3 heterocycles. The van der Waals surface area contributed by atoms with Crippen LogP contribution in [0, 0.1) is 6.92 Å². The number of nitrogens with zero attached hydrogens (tertiary/aromatic N) is 3. The van der Waals surface area contributed by atoms with Gasteiger partial charge in [-0.05, 0) is 38.3 Å². The zero-order chi connectivity index (χ0) is 16.7. The molecular formula is C18H21ClN4O. The second-order valence-corrected chi connectivity index (χ2v) is 7.09. The molecule has 1 aromatic heterocycles. The monoisotopic (exact) mass is 344 g/mol. The van der Waals surface area contributed by atoms with Crippen LogP contribution in [0.3, 0.4) is 0 Å². The van der Waals surface area contributed by atoms with Crippen LogP contribution in [-0.2, 0) is 0 Å². The van der Waals surface area contributed by atoms with Crippen molar-refractivity contribution in [1.29, 1.82) is 0 Å². The summed E-state index contributed by atoms with van der Waals surface area (Å²) >= 11 is 6.27. The van der Waals surface area contributed by atoms with Gasteiger partial charge in [0.2, 0.25) is 0 Å². The van der Waals surface area contributed by atoms with Crippen LogP contribution in [0.2, 0.25) is 5.02 Å². The molecule has 0 spiro atoms. The molecule has 2 atom stereocenters. The number of rotatable bonds is 2. The lowest BCUT2D eigenvalue weighted by Gasteiger charge is -2.24. The quantitative estimate of drug-likeness (QED) is 0.911. The summed E-state index contributed by atoms with van der Waals surface area (Å²) in [6, 6.07) is 8.54. The van der Waals surface area contributed by atoms with Gasteiger partial charge in [0, 0.05) is 25.2 Å². The van der Waals surface area contributed by atoms with Crippen LogP contribution in [-0.4, -0.2) is 45.8 Å². The number of hydrogen-bond donors (Lipinski definition) is 1. The molecule has 4 rings (SSSR count). The summed E-state index contributed by atoms with van der Waals surface area (Å²) in [7, 11) is 0. The van der Waals surface area contributed by atoms with Gasteiger partial charge in [0.05, 0.1) is 28.2 Å². The molecule has 24 heavy (non-hydrogen) atoms. The molecule has 0 saturated carbocycles. The fraction of sp³-hybridized carbons (Fsp3) is 0.444. The smallest absolute Gasteiger partial charge is 0.257 e. The van der Waals surface area contributed by atoms with E-state index in [0.717, 1.165) is 37.3 Å². The Morgan fingerprint density at radius 3 is 2.88 bits per heavy atom. The van der Waals surface area contributed by atoms with Crippen molar-refractivity contribution in [3.8, 4) is 5.69 Å². The van der Waals surface area contributed by atoms with Gasteiger partial charge in [0.15, 0.2) is 0 Å². The molecule has 1 aromatic carbocycles.